The quantitative estimate of drug-likeness (QED) is 0.356. The average Bonchev–Trinajstić information content (AvgIpc) is 3.38. The molecule has 0 spiro atoms. The van der Waals surface area contributed by atoms with Crippen LogP contribution >= 0.6 is 34.9 Å². The van der Waals surface area contributed by atoms with Crippen LogP contribution in [0.3, 0.4) is 0 Å². The number of nitrogens with one attached hydrogen (secondary N) is 1. The molecule has 5 rings (SSSR count). The van der Waals surface area contributed by atoms with Crippen molar-refractivity contribution < 1.29 is 4.74 Å². The highest BCUT2D eigenvalue weighted by Gasteiger charge is 2.24. The van der Waals surface area contributed by atoms with Gasteiger partial charge in [-0.1, -0.05) is 35.6 Å². The number of methoxy groups -OCH3 is 1. The highest BCUT2D eigenvalue weighted by Crippen LogP contribution is 2.34. The van der Waals surface area contributed by atoms with E-state index in [4.69, 9.17) is 27.0 Å². The van der Waals surface area contributed by atoms with Crippen molar-refractivity contribution in [2.75, 3.05) is 25.5 Å². The lowest BCUT2D eigenvalue weighted by Gasteiger charge is -2.30. The van der Waals surface area contributed by atoms with Crippen LogP contribution in [-0.4, -0.2) is 39.9 Å². The van der Waals surface area contributed by atoms with Crippen LogP contribution < -0.4 is 10.1 Å². The molecule has 1 fully saturated rings. The monoisotopic (exact) mass is 469 g/mol. The third-order valence-electron chi connectivity index (χ3n) is 5.54. The second kappa shape index (κ2) is 9.04. The SMILES string of the molecule is COc1ccccc1Nc1nn(CN2CCC(c3nc4ccccc4s3)CC2)c(=S)s1. The Morgan fingerprint density at radius 2 is 1.87 bits per heavy atom. The molecule has 3 heterocycles. The molecule has 0 atom stereocenters. The minimum absolute atomic E-state index is 0.542. The maximum absolute atomic E-state index is 5.57. The second-order valence-corrected chi connectivity index (χ2v) is 10.2. The third-order valence-corrected chi connectivity index (χ3v) is 7.96. The molecule has 0 aliphatic carbocycles. The van der Waals surface area contributed by atoms with Crippen LogP contribution in [0, 0.1) is 3.95 Å². The summed E-state index contributed by atoms with van der Waals surface area (Å²) < 4.78 is 9.37. The number of ether oxygens (including phenoxy) is 1. The Morgan fingerprint density at radius 3 is 2.68 bits per heavy atom. The number of benzene rings is 2. The van der Waals surface area contributed by atoms with Crippen LogP contribution in [0.5, 0.6) is 5.75 Å². The van der Waals surface area contributed by atoms with Gasteiger partial charge in [0, 0.05) is 19.0 Å². The summed E-state index contributed by atoms with van der Waals surface area (Å²) in [5, 5.41) is 10.1. The van der Waals surface area contributed by atoms with Gasteiger partial charge in [0.2, 0.25) is 5.13 Å². The molecule has 31 heavy (non-hydrogen) atoms. The van der Waals surface area contributed by atoms with Crippen molar-refractivity contribution >= 4 is 55.9 Å². The Morgan fingerprint density at radius 1 is 1.10 bits per heavy atom. The van der Waals surface area contributed by atoms with Gasteiger partial charge < -0.3 is 10.1 Å². The molecule has 1 saturated heterocycles. The predicted octanol–water partition coefficient (Wildman–Crippen LogP) is 5.87. The standard InChI is InChI=1S/C22H23N5OS3/c1-28-18-8-4-2-6-16(18)24-21-25-27(22(29)31-21)14-26-12-10-15(11-13-26)20-23-17-7-3-5-9-19(17)30-20/h2-9,15H,10-14H2,1H3,(H,24,25). The predicted molar refractivity (Wildman–Crippen MR) is 130 cm³/mol. The molecule has 2 aromatic carbocycles. The number of aromatic nitrogens is 3. The molecule has 9 heteroatoms. The molecule has 4 aromatic rings. The van der Waals surface area contributed by atoms with Gasteiger partial charge in [0.05, 0.1) is 34.7 Å². The molecule has 6 nitrogen and oxygen atoms in total. The second-order valence-electron chi connectivity index (χ2n) is 7.55. The van der Waals surface area contributed by atoms with Crippen molar-refractivity contribution in [3.63, 3.8) is 0 Å². The summed E-state index contributed by atoms with van der Waals surface area (Å²) in [5.74, 6) is 1.33. The normalized spacial score (nSPS) is 15.4. The van der Waals surface area contributed by atoms with Crippen molar-refractivity contribution in [3.8, 4) is 5.75 Å². The summed E-state index contributed by atoms with van der Waals surface area (Å²) in [5.41, 5.74) is 2.01. The zero-order valence-electron chi connectivity index (χ0n) is 17.2. The van der Waals surface area contributed by atoms with Gasteiger partial charge in [-0.25, -0.2) is 9.67 Å². The van der Waals surface area contributed by atoms with E-state index in [0.717, 1.165) is 58.6 Å². The number of nitrogens with zero attached hydrogens (tertiary/aromatic N) is 4. The van der Waals surface area contributed by atoms with Gasteiger partial charge in [0.1, 0.15) is 5.75 Å². The highest BCUT2D eigenvalue weighted by atomic mass is 32.1. The van der Waals surface area contributed by atoms with E-state index in [0.29, 0.717) is 5.92 Å². The van der Waals surface area contributed by atoms with Gasteiger partial charge in [-0.15, -0.1) is 16.4 Å². The zero-order valence-corrected chi connectivity index (χ0v) is 19.6. The van der Waals surface area contributed by atoms with Gasteiger partial charge in [-0.3, -0.25) is 4.90 Å². The molecular weight excluding hydrogens is 446 g/mol. The average molecular weight is 470 g/mol. The summed E-state index contributed by atoms with van der Waals surface area (Å²) in [6.45, 7) is 2.76. The largest absolute Gasteiger partial charge is 0.495 e. The number of rotatable bonds is 6. The van der Waals surface area contributed by atoms with E-state index in [9.17, 15) is 0 Å². The van der Waals surface area contributed by atoms with Gasteiger partial charge in [-0.05, 0) is 49.3 Å². The van der Waals surface area contributed by atoms with E-state index in [1.54, 1.807) is 7.11 Å². The topological polar surface area (TPSA) is 55.2 Å². The number of hydrogen-bond acceptors (Lipinski definition) is 8. The van der Waals surface area contributed by atoms with Crippen molar-refractivity contribution in [2.24, 2.45) is 0 Å². The lowest BCUT2D eigenvalue weighted by atomic mass is 9.98. The van der Waals surface area contributed by atoms with Crippen molar-refractivity contribution in [1.82, 2.24) is 19.7 Å². The first-order valence-electron chi connectivity index (χ1n) is 10.3. The van der Waals surface area contributed by atoms with Crippen LogP contribution in [0.15, 0.2) is 48.5 Å². The minimum atomic E-state index is 0.542. The summed E-state index contributed by atoms with van der Waals surface area (Å²) in [6.07, 6.45) is 2.23. The number of anilines is 2. The number of para-hydroxylation sites is 3. The minimum Gasteiger partial charge on any atom is -0.495 e. The molecular formula is C22H23N5OS3. The molecule has 0 unspecified atom stereocenters. The molecule has 0 bridgehead atoms. The maximum Gasteiger partial charge on any atom is 0.209 e. The number of piperidine rings is 1. The molecule has 0 amide bonds. The van der Waals surface area contributed by atoms with E-state index in [1.165, 1.54) is 21.0 Å². The van der Waals surface area contributed by atoms with E-state index in [2.05, 4.69) is 34.5 Å². The van der Waals surface area contributed by atoms with Crippen LogP contribution in [0.1, 0.15) is 23.8 Å². The first-order valence-corrected chi connectivity index (χ1v) is 12.3. The van der Waals surface area contributed by atoms with Gasteiger partial charge in [0.25, 0.3) is 0 Å². The summed E-state index contributed by atoms with van der Waals surface area (Å²) in [7, 11) is 1.67. The molecule has 0 saturated carbocycles. The first kappa shape index (κ1) is 20.6. The Balaban J connectivity index is 1.22. The zero-order chi connectivity index (χ0) is 21.2. The Bertz CT molecular complexity index is 1210. The number of likely N-dealkylation sites (tertiary alicyclic amines) is 1. The molecule has 0 radical (unpaired) electrons. The van der Waals surface area contributed by atoms with Crippen molar-refractivity contribution in [2.45, 2.75) is 25.4 Å². The van der Waals surface area contributed by atoms with Crippen LogP contribution in [0.2, 0.25) is 0 Å². The molecule has 160 valence electrons. The lowest BCUT2D eigenvalue weighted by Crippen LogP contribution is -2.34. The van der Waals surface area contributed by atoms with Crippen molar-refractivity contribution in [1.29, 1.82) is 0 Å². The van der Waals surface area contributed by atoms with Crippen LogP contribution in [-0.2, 0) is 6.67 Å². The Kier molecular flexibility index (Phi) is 5.99. The lowest BCUT2D eigenvalue weighted by molar-refractivity contribution is 0.161. The number of thiazole rings is 1. The van der Waals surface area contributed by atoms with E-state index in [-0.39, 0.29) is 0 Å². The summed E-state index contributed by atoms with van der Waals surface area (Å²) >= 11 is 8.89. The number of hydrogen-bond donors (Lipinski definition) is 1. The van der Waals surface area contributed by atoms with E-state index in [1.807, 2.05) is 40.3 Å². The summed E-state index contributed by atoms with van der Waals surface area (Å²) in [4.78, 5) is 7.29. The fraction of sp³-hybridized carbons (Fsp3) is 0.318. The van der Waals surface area contributed by atoms with Crippen LogP contribution in [0.25, 0.3) is 10.2 Å². The molecule has 1 aliphatic rings. The number of fused-ring (bicyclic) bond motifs is 1. The smallest absolute Gasteiger partial charge is 0.209 e. The molecule has 1 N–H and O–H groups in total. The molecule has 1 aliphatic heterocycles. The third kappa shape index (κ3) is 4.50. The van der Waals surface area contributed by atoms with E-state index >= 15 is 0 Å². The van der Waals surface area contributed by atoms with Gasteiger partial charge in [-0.2, -0.15) is 0 Å². The van der Waals surface area contributed by atoms with E-state index < -0.39 is 0 Å². The maximum atomic E-state index is 5.57. The Labute approximate surface area is 194 Å². The Hall–Kier alpha value is -2.33. The first-order chi connectivity index (χ1) is 15.2. The van der Waals surface area contributed by atoms with Gasteiger partial charge >= 0.3 is 0 Å². The summed E-state index contributed by atoms with van der Waals surface area (Å²) in [6, 6.07) is 16.2. The van der Waals surface area contributed by atoms with Crippen LogP contribution in [0.4, 0.5) is 10.8 Å². The van der Waals surface area contributed by atoms with Gasteiger partial charge in [0.15, 0.2) is 3.95 Å². The fourth-order valence-corrected chi connectivity index (χ4v) is 6.03. The molecule has 2 aromatic heterocycles. The van der Waals surface area contributed by atoms with Crippen molar-refractivity contribution in [3.05, 3.63) is 57.5 Å². The highest BCUT2D eigenvalue weighted by molar-refractivity contribution is 7.73. The fourth-order valence-electron chi connectivity index (χ4n) is 3.88.